The maximum absolute atomic E-state index is 4.70. The average molecular weight is 360 g/mol. The zero-order chi connectivity index (χ0) is 17.8. The SMILES string of the molecule is Cc1ccnc(CNc2nccc(-c3csc(-c4ccccc4)n3)n2)n1. The first kappa shape index (κ1) is 16.3. The first-order valence-corrected chi connectivity index (χ1v) is 9.03. The van der Waals surface area contributed by atoms with Crippen molar-refractivity contribution in [1.82, 2.24) is 24.9 Å². The quantitative estimate of drug-likeness (QED) is 0.580. The monoisotopic (exact) mass is 360 g/mol. The van der Waals surface area contributed by atoms with Gasteiger partial charge in [-0.05, 0) is 19.1 Å². The minimum absolute atomic E-state index is 0.470. The van der Waals surface area contributed by atoms with Crippen LogP contribution in [0.15, 0.2) is 60.2 Å². The highest BCUT2D eigenvalue weighted by Gasteiger charge is 2.09. The smallest absolute Gasteiger partial charge is 0.223 e. The summed E-state index contributed by atoms with van der Waals surface area (Å²) in [6, 6.07) is 13.9. The van der Waals surface area contributed by atoms with Crippen molar-refractivity contribution >= 4 is 17.3 Å². The highest BCUT2D eigenvalue weighted by Crippen LogP contribution is 2.27. The van der Waals surface area contributed by atoms with E-state index in [1.807, 2.05) is 42.6 Å². The number of nitrogens with zero attached hydrogens (tertiary/aromatic N) is 5. The average Bonchev–Trinajstić information content (AvgIpc) is 3.18. The molecule has 0 aliphatic heterocycles. The molecule has 1 aromatic carbocycles. The minimum atomic E-state index is 0.470. The first-order chi connectivity index (χ1) is 12.8. The Morgan fingerprint density at radius 3 is 2.58 bits per heavy atom. The topological polar surface area (TPSA) is 76.5 Å². The summed E-state index contributed by atoms with van der Waals surface area (Å²) in [4.78, 5) is 22.1. The van der Waals surface area contributed by atoms with Crippen molar-refractivity contribution in [1.29, 1.82) is 0 Å². The molecule has 128 valence electrons. The van der Waals surface area contributed by atoms with Gasteiger partial charge in [-0.3, -0.25) is 0 Å². The Kier molecular flexibility index (Phi) is 4.61. The molecule has 0 radical (unpaired) electrons. The van der Waals surface area contributed by atoms with Gasteiger partial charge in [0.1, 0.15) is 16.5 Å². The molecule has 0 saturated heterocycles. The summed E-state index contributed by atoms with van der Waals surface area (Å²) in [5.41, 5.74) is 3.66. The van der Waals surface area contributed by atoms with Gasteiger partial charge in [0.05, 0.1) is 12.2 Å². The van der Waals surface area contributed by atoms with E-state index in [0.717, 1.165) is 27.7 Å². The maximum atomic E-state index is 4.70. The lowest BCUT2D eigenvalue weighted by Gasteiger charge is -2.05. The summed E-state index contributed by atoms with van der Waals surface area (Å²) in [6.07, 6.45) is 3.47. The zero-order valence-electron chi connectivity index (χ0n) is 14.1. The number of hydrogen-bond donors (Lipinski definition) is 1. The molecule has 6 nitrogen and oxygen atoms in total. The highest BCUT2D eigenvalue weighted by molar-refractivity contribution is 7.13. The van der Waals surface area contributed by atoms with Crippen molar-refractivity contribution in [3.05, 3.63) is 71.8 Å². The number of hydrogen-bond acceptors (Lipinski definition) is 7. The second kappa shape index (κ2) is 7.37. The highest BCUT2D eigenvalue weighted by atomic mass is 32.1. The van der Waals surface area contributed by atoms with E-state index in [9.17, 15) is 0 Å². The Hall–Kier alpha value is -3.19. The lowest BCUT2D eigenvalue weighted by molar-refractivity contribution is 0.910. The van der Waals surface area contributed by atoms with Gasteiger partial charge in [0, 0.05) is 29.0 Å². The summed E-state index contributed by atoms with van der Waals surface area (Å²) in [7, 11) is 0. The molecule has 0 fully saturated rings. The van der Waals surface area contributed by atoms with Crippen LogP contribution in [0, 0.1) is 6.92 Å². The van der Waals surface area contributed by atoms with Crippen molar-refractivity contribution < 1.29 is 0 Å². The van der Waals surface area contributed by atoms with Crippen LogP contribution in [0.2, 0.25) is 0 Å². The molecule has 7 heteroatoms. The predicted octanol–water partition coefficient (Wildman–Crippen LogP) is 3.98. The fraction of sp³-hybridized carbons (Fsp3) is 0.105. The lowest BCUT2D eigenvalue weighted by Crippen LogP contribution is -2.07. The molecule has 0 amide bonds. The number of thiazole rings is 1. The Bertz CT molecular complexity index is 1020. The van der Waals surface area contributed by atoms with Crippen LogP contribution in [-0.2, 0) is 6.54 Å². The van der Waals surface area contributed by atoms with E-state index in [2.05, 4.69) is 37.4 Å². The van der Waals surface area contributed by atoms with Gasteiger partial charge >= 0.3 is 0 Å². The van der Waals surface area contributed by atoms with Crippen LogP contribution < -0.4 is 5.32 Å². The standard InChI is InChI=1S/C19H16N6S/c1-13-7-9-20-17(23-13)11-22-19-21-10-8-15(25-19)16-12-26-18(24-16)14-5-3-2-4-6-14/h2-10,12H,11H2,1H3,(H,21,22,25). The molecule has 0 atom stereocenters. The van der Waals surface area contributed by atoms with Crippen LogP contribution in [0.1, 0.15) is 11.5 Å². The Balaban J connectivity index is 1.52. The molecule has 0 aliphatic rings. The number of anilines is 1. The second-order valence-corrected chi connectivity index (χ2v) is 6.50. The van der Waals surface area contributed by atoms with Gasteiger partial charge in [0.15, 0.2) is 0 Å². The molecule has 26 heavy (non-hydrogen) atoms. The first-order valence-electron chi connectivity index (χ1n) is 8.15. The van der Waals surface area contributed by atoms with Crippen molar-refractivity contribution in [3.63, 3.8) is 0 Å². The summed E-state index contributed by atoms with van der Waals surface area (Å²) < 4.78 is 0. The van der Waals surface area contributed by atoms with Crippen molar-refractivity contribution in [3.8, 4) is 22.0 Å². The van der Waals surface area contributed by atoms with Crippen LogP contribution in [0.5, 0.6) is 0 Å². The zero-order valence-corrected chi connectivity index (χ0v) is 14.9. The normalized spacial score (nSPS) is 10.7. The van der Waals surface area contributed by atoms with Crippen LogP contribution in [0.4, 0.5) is 5.95 Å². The van der Waals surface area contributed by atoms with Gasteiger partial charge in [-0.15, -0.1) is 11.3 Å². The minimum Gasteiger partial charge on any atom is -0.347 e. The van der Waals surface area contributed by atoms with Crippen molar-refractivity contribution in [2.75, 3.05) is 5.32 Å². The maximum Gasteiger partial charge on any atom is 0.223 e. The molecule has 4 rings (SSSR count). The molecule has 0 saturated carbocycles. The number of rotatable bonds is 5. The van der Waals surface area contributed by atoms with Crippen LogP contribution in [0.3, 0.4) is 0 Å². The summed E-state index contributed by atoms with van der Waals surface area (Å²) in [6.45, 7) is 2.41. The fourth-order valence-corrected chi connectivity index (χ4v) is 3.26. The third-order valence-corrected chi connectivity index (χ3v) is 4.58. The summed E-state index contributed by atoms with van der Waals surface area (Å²) in [5.74, 6) is 1.24. The van der Waals surface area contributed by atoms with E-state index in [-0.39, 0.29) is 0 Å². The largest absolute Gasteiger partial charge is 0.347 e. The Morgan fingerprint density at radius 1 is 0.885 bits per heavy atom. The summed E-state index contributed by atoms with van der Waals surface area (Å²) in [5, 5.41) is 6.15. The fourth-order valence-electron chi connectivity index (χ4n) is 2.44. The van der Waals surface area contributed by atoms with Crippen LogP contribution >= 0.6 is 11.3 Å². The van der Waals surface area contributed by atoms with E-state index < -0.39 is 0 Å². The van der Waals surface area contributed by atoms with Gasteiger partial charge in [-0.1, -0.05) is 30.3 Å². The molecule has 0 spiro atoms. The van der Waals surface area contributed by atoms with Crippen LogP contribution in [0.25, 0.3) is 22.0 Å². The molecule has 3 aromatic heterocycles. The number of benzene rings is 1. The molecule has 1 N–H and O–H groups in total. The second-order valence-electron chi connectivity index (χ2n) is 5.64. The van der Waals surface area contributed by atoms with E-state index in [0.29, 0.717) is 18.3 Å². The van der Waals surface area contributed by atoms with Gasteiger partial charge in [-0.25, -0.2) is 24.9 Å². The molecule has 0 unspecified atom stereocenters. The van der Waals surface area contributed by atoms with Gasteiger partial charge in [0.25, 0.3) is 0 Å². The number of aryl methyl sites for hydroxylation is 1. The number of nitrogens with one attached hydrogen (secondary N) is 1. The molecular weight excluding hydrogens is 344 g/mol. The van der Waals surface area contributed by atoms with Gasteiger partial charge in [0.2, 0.25) is 5.95 Å². The van der Waals surface area contributed by atoms with E-state index in [1.165, 1.54) is 0 Å². The molecule has 0 bridgehead atoms. The van der Waals surface area contributed by atoms with Gasteiger partial charge in [-0.2, -0.15) is 0 Å². The Labute approximate surface area is 155 Å². The molecule has 0 aliphatic carbocycles. The van der Waals surface area contributed by atoms with E-state index in [1.54, 1.807) is 23.7 Å². The van der Waals surface area contributed by atoms with Crippen LogP contribution in [-0.4, -0.2) is 24.9 Å². The lowest BCUT2D eigenvalue weighted by atomic mass is 10.2. The van der Waals surface area contributed by atoms with Crippen molar-refractivity contribution in [2.45, 2.75) is 13.5 Å². The van der Waals surface area contributed by atoms with E-state index in [4.69, 9.17) is 4.98 Å². The van der Waals surface area contributed by atoms with Gasteiger partial charge < -0.3 is 5.32 Å². The third-order valence-electron chi connectivity index (χ3n) is 3.69. The predicted molar refractivity (Wildman–Crippen MR) is 103 cm³/mol. The van der Waals surface area contributed by atoms with Crippen molar-refractivity contribution in [2.24, 2.45) is 0 Å². The third kappa shape index (κ3) is 3.73. The summed E-state index contributed by atoms with van der Waals surface area (Å²) >= 11 is 1.60. The number of aromatic nitrogens is 5. The molecule has 4 aromatic rings. The molecular formula is C19H16N6S. The molecule has 3 heterocycles. The Morgan fingerprint density at radius 2 is 1.73 bits per heavy atom. The van der Waals surface area contributed by atoms with E-state index >= 15 is 0 Å².